The Kier molecular flexibility index (Phi) is 5.95. The number of hydrogen-bond acceptors (Lipinski definition) is 5. The molecule has 21 heavy (non-hydrogen) atoms. The molecule has 0 radical (unpaired) electrons. The summed E-state index contributed by atoms with van der Waals surface area (Å²) in [6, 6.07) is 4.44. The second kappa shape index (κ2) is 7.47. The molecule has 0 aliphatic heterocycles. The maximum atomic E-state index is 12.0. The molecule has 0 spiro atoms. The molecule has 2 N–H and O–H groups in total. The lowest BCUT2D eigenvalue weighted by atomic mass is 10.2. The quantitative estimate of drug-likeness (QED) is 0.595. The van der Waals surface area contributed by atoms with Gasteiger partial charge in [0.25, 0.3) is 0 Å². The molecule has 0 aliphatic rings. The van der Waals surface area contributed by atoms with Crippen LogP contribution in [0.5, 0.6) is 0 Å². The van der Waals surface area contributed by atoms with E-state index in [-0.39, 0.29) is 11.6 Å². The summed E-state index contributed by atoms with van der Waals surface area (Å²) in [5.41, 5.74) is 0.734. The normalized spacial score (nSPS) is 11.6. The first-order chi connectivity index (χ1) is 9.92. The van der Waals surface area contributed by atoms with E-state index in [9.17, 15) is 14.9 Å². The van der Waals surface area contributed by atoms with Crippen molar-refractivity contribution in [1.29, 1.82) is 0 Å². The van der Waals surface area contributed by atoms with Gasteiger partial charge in [0.1, 0.15) is 17.4 Å². The number of anilines is 2. The lowest BCUT2D eigenvalue weighted by Gasteiger charge is -2.21. The Hall–Kier alpha value is -2.31. The molecule has 1 atom stereocenters. The summed E-state index contributed by atoms with van der Waals surface area (Å²) in [6.45, 7) is 6.60. The number of hydrogen-bond donors (Lipinski definition) is 2. The van der Waals surface area contributed by atoms with E-state index in [1.165, 1.54) is 0 Å². The number of amides is 1. The lowest BCUT2D eigenvalue weighted by molar-refractivity contribution is -0.383. The molecule has 1 aromatic rings. The molecule has 7 heteroatoms. The number of rotatable bonds is 7. The van der Waals surface area contributed by atoms with Crippen molar-refractivity contribution in [3.05, 3.63) is 28.3 Å². The first-order valence-corrected chi connectivity index (χ1v) is 6.95. The van der Waals surface area contributed by atoms with Crippen LogP contribution in [0, 0.1) is 10.1 Å². The Morgan fingerprint density at radius 2 is 2.00 bits per heavy atom. The summed E-state index contributed by atoms with van der Waals surface area (Å²) in [6.07, 6.45) is 0. The molecule has 7 nitrogen and oxygen atoms in total. The predicted molar refractivity (Wildman–Crippen MR) is 83.7 cm³/mol. The molecular weight excluding hydrogens is 272 g/mol. The summed E-state index contributed by atoms with van der Waals surface area (Å²) in [5.74, 6) is -0.111. The molecule has 0 aromatic heterocycles. The molecule has 116 valence electrons. The minimum absolute atomic E-state index is 0.0434. The van der Waals surface area contributed by atoms with Gasteiger partial charge in [-0.1, -0.05) is 6.07 Å². The SMILES string of the molecule is CCNc1cccc(NC(C)C(=O)N(C)CC)c1[N+](=O)[O-]. The fraction of sp³-hybridized carbons (Fsp3) is 0.500. The van der Waals surface area contributed by atoms with Gasteiger partial charge in [-0.3, -0.25) is 14.9 Å². The van der Waals surface area contributed by atoms with Crippen molar-refractivity contribution in [3.8, 4) is 0 Å². The Morgan fingerprint density at radius 1 is 1.38 bits per heavy atom. The number of nitrogens with one attached hydrogen (secondary N) is 2. The van der Waals surface area contributed by atoms with Gasteiger partial charge in [0.05, 0.1) is 4.92 Å². The number of nitro groups is 1. The molecule has 0 fully saturated rings. The van der Waals surface area contributed by atoms with E-state index >= 15 is 0 Å². The van der Waals surface area contributed by atoms with Crippen LogP contribution < -0.4 is 10.6 Å². The first kappa shape index (κ1) is 16.7. The Bertz CT molecular complexity index is 519. The van der Waals surface area contributed by atoms with E-state index in [0.717, 1.165) is 0 Å². The van der Waals surface area contributed by atoms with Crippen molar-refractivity contribution >= 4 is 23.0 Å². The van der Waals surface area contributed by atoms with Crippen molar-refractivity contribution in [1.82, 2.24) is 4.90 Å². The van der Waals surface area contributed by atoms with E-state index in [2.05, 4.69) is 10.6 Å². The van der Waals surface area contributed by atoms with E-state index in [0.29, 0.717) is 24.5 Å². The van der Waals surface area contributed by atoms with Crippen molar-refractivity contribution in [2.24, 2.45) is 0 Å². The highest BCUT2D eigenvalue weighted by Crippen LogP contribution is 2.33. The smallest absolute Gasteiger partial charge is 0.315 e. The van der Waals surface area contributed by atoms with Crippen LogP contribution in [0.1, 0.15) is 20.8 Å². The van der Waals surface area contributed by atoms with Crippen LogP contribution in [-0.4, -0.2) is 41.9 Å². The van der Waals surface area contributed by atoms with Gasteiger partial charge in [0.2, 0.25) is 5.91 Å². The summed E-state index contributed by atoms with van der Waals surface area (Å²) in [5, 5.41) is 17.2. The Morgan fingerprint density at radius 3 is 2.52 bits per heavy atom. The van der Waals surface area contributed by atoms with E-state index in [4.69, 9.17) is 0 Å². The standard InChI is InChI=1S/C14H22N4O3/c1-5-15-11-8-7-9-12(13(11)18(20)21)16-10(3)14(19)17(4)6-2/h7-10,15-16H,5-6H2,1-4H3. The predicted octanol–water partition coefficient (Wildman–Crippen LogP) is 2.31. The fourth-order valence-corrected chi connectivity index (χ4v) is 1.97. The minimum Gasteiger partial charge on any atom is -0.380 e. The summed E-state index contributed by atoms with van der Waals surface area (Å²) in [4.78, 5) is 24.5. The highest BCUT2D eigenvalue weighted by Gasteiger charge is 2.23. The third-order valence-corrected chi connectivity index (χ3v) is 3.18. The molecule has 1 aromatic carbocycles. The molecule has 0 bridgehead atoms. The second-order valence-electron chi connectivity index (χ2n) is 4.71. The van der Waals surface area contributed by atoms with Crippen molar-refractivity contribution in [2.75, 3.05) is 30.8 Å². The molecule has 0 aliphatic carbocycles. The average molecular weight is 294 g/mol. The summed E-state index contributed by atoms with van der Waals surface area (Å²) >= 11 is 0. The van der Waals surface area contributed by atoms with Crippen LogP contribution >= 0.6 is 0 Å². The average Bonchev–Trinajstić information content (AvgIpc) is 2.45. The van der Waals surface area contributed by atoms with Crippen LogP contribution in [0.3, 0.4) is 0 Å². The first-order valence-electron chi connectivity index (χ1n) is 6.95. The van der Waals surface area contributed by atoms with Crippen LogP contribution in [0.2, 0.25) is 0 Å². The van der Waals surface area contributed by atoms with Crippen LogP contribution in [0.15, 0.2) is 18.2 Å². The topological polar surface area (TPSA) is 87.5 Å². The van der Waals surface area contributed by atoms with Gasteiger partial charge >= 0.3 is 5.69 Å². The van der Waals surface area contributed by atoms with Gasteiger partial charge in [0, 0.05) is 20.1 Å². The van der Waals surface area contributed by atoms with Crippen molar-refractivity contribution in [3.63, 3.8) is 0 Å². The number of carbonyl (C=O) groups excluding carboxylic acids is 1. The van der Waals surface area contributed by atoms with Gasteiger partial charge in [-0.05, 0) is 32.9 Å². The lowest BCUT2D eigenvalue weighted by Crippen LogP contribution is -2.38. The molecular formula is C14H22N4O3. The van der Waals surface area contributed by atoms with Crippen LogP contribution in [0.25, 0.3) is 0 Å². The van der Waals surface area contributed by atoms with Crippen molar-refractivity contribution < 1.29 is 9.72 Å². The van der Waals surface area contributed by atoms with Crippen molar-refractivity contribution in [2.45, 2.75) is 26.8 Å². The summed E-state index contributed by atoms with van der Waals surface area (Å²) in [7, 11) is 1.70. The van der Waals surface area contributed by atoms with Gasteiger partial charge in [-0.2, -0.15) is 0 Å². The molecule has 0 heterocycles. The van der Waals surface area contributed by atoms with Gasteiger partial charge in [-0.25, -0.2) is 0 Å². The number of nitro benzene ring substituents is 1. The highest BCUT2D eigenvalue weighted by atomic mass is 16.6. The summed E-state index contributed by atoms with van der Waals surface area (Å²) < 4.78 is 0. The van der Waals surface area contributed by atoms with Gasteiger partial charge in [-0.15, -0.1) is 0 Å². The fourth-order valence-electron chi connectivity index (χ4n) is 1.97. The van der Waals surface area contributed by atoms with E-state index in [1.54, 1.807) is 37.1 Å². The molecule has 0 saturated carbocycles. The monoisotopic (exact) mass is 294 g/mol. The maximum Gasteiger partial charge on any atom is 0.315 e. The zero-order valence-electron chi connectivity index (χ0n) is 12.8. The van der Waals surface area contributed by atoms with E-state index < -0.39 is 11.0 Å². The Balaban J connectivity index is 3.05. The van der Waals surface area contributed by atoms with Crippen LogP contribution in [-0.2, 0) is 4.79 Å². The molecule has 1 unspecified atom stereocenters. The third-order valence-electron chi connectivity index (χ3n) is 3.18. The van der Waals surface area contributed by atoms with Crippen LogP contribution in [0.4, 0.5) is 17.1 Å². The molecule has 1 rings (SSSR count). The molecule has 1 amide bonds. The number of likely N-dealkylation sites (N-methyl/N-ethyl adjacent to an activating group) is 1. The number of carbonyl (C=O) groups is 1. The third kappa shape index (κ3) is 4.08. The van der Waals surface area contributed by atoms with E-state index in [1.807, 2.05) is 13.8 Å². The zero-order chi connectivity index (χ0) is 16.0. The minimum atomic E-state index is -0.537. The highest BCUT2D eigenvalue weighted by molar-refractivity contribution is 5.86. The largest absolute Gasteiger partial charge is 0.380 e. The number of benzene rings is 1. The second-order valence-corrected chi connectivity index (χ2v) is 4.71. The number of nitrogens with zero attached hydrogens (tertiary/aromatic N) is 2. The molecule has 0 saturated heterocycles. The van der Waals surface area contributed by atoms with Gasteiger partial charge in [0.15, 0.2) is 0 Å². The maximum absolute atomic E-state index is 12.0. The number of para-hydroxylation sites is 1. The Labute approximate surface area is 124 Å². The zero-order valence-corrected chi connectivity index (χ0v) is 12.8. The van der Waals surface area contributed by atoms with Gasteiger partial charge < -0.3 is 15.5 Å².